The van der Waals surface area contributed by atoms with Crippen molar-refractivity contribution in [2.45, 2.75) is 19.5 Å². The van der Waals surface area contributed by atoms with Crippen molar-refractivity contribution in [2.75, 3.05) is 6.54 Å². The molecule has 2 aromatic carbocycles. The summed E-state index contributed by atoms with van der Waals surface area (Å²) < 4.78 is 0. The van der Waals surface area contributed by atoms with E-state index in [1.807, 2.05) is 0 Å². The molecule has 16 heavy (non-hydrogen) atoms. The van der Waals surface area contributed by atoms with Gasteiger partial charge in [-0.15, -0.1) is 0 Å². The summed E-state index contributed by atoms with van der Waals surface area (Å²) in [5.41, 5.74) is 6.92. The predicted molar refractivity (Wildman–Crippen MR) is 69.3 cm³/mol. The van der Waals surface area contributed by atoms with Crippen LogP contribution in [0.4, 0.5) is 0 Å². The molecule has 1 atom stereocenters. The molecule has 0 bridgehead atoms. The lowest BCUT2D eigenvalue weighted by Gasteiger charge is -2.12. The fraction of sp³-hybridized carbons (Fsp3) is 0.286. The number of hydrogen-bond acceptors (Lipinski definition) is 2. The van der Waals surface area contributed by atoms with Crippen molar-refractivity contribution in [1.29, 1.82) is 0 Å². The highest BCUT2D eigenvalue weighted by atomic mass is 14.9. The summed E-state index contributed by atoms with van der Waals surface area (Å²) >= 11 is 0. The summed E-state index contributed by atoms with van der Waals surface area (Å²) in [6, 6.07) is 15.2. The highest BCUT2D eigenvalue weighted by Gasteiger charge is 2.01. The quantitative estimate of drug-likeness (QED) is 0.819. The van der Waals surface area contributed by atoms with Crippen LogP contribution < -0.4 is 11.1 Å². The second-order valence-corrected chi connectivity index (χ2v) is 4.16. The van der Waals surface area contributed by atoms with Crippen LogP contribution in [-0.2, 0) is 6.54 Å². The lowest BCUT2D eigenvalue weighted by atomic mass is 10.0. The standard InChI is InChI=1S/C14H18N2/c1-11(9-15)16-10-13-7-4-6-12-5-2-3-8-14(12)13/h2-8,11,16H,9-10,15H2,1H3/t11-/m0/s1. The third kappa shape index (κ3) is 2.40. The maximum absolute atomic E-state index is 5.59. The van der Waals surface area contributed by atoms with Gasteiger partial charge in [-0.3, -0.25) is 0 Å². The van der Waals surface area contributed by atoms with E-state index in [0.717, 1.165) is 6.54 Å². The van der Waals surface area contributed by atoms with Crippen LogP contribution in [0, 0.1) is 0 Å². The van der Waals surface area contributed by atoms with E-state index in [9.17, 15) is 0 Å². The molecule has 2 nitrogen and oxygen atoms in total. The van der Waals surface area contributed by atoms with Crippen molar-refractivity contribution in [3.8, 4) is 0 Å². The molecule has 2 rings (SSSR count). The number of nitrogens with one attached hydrogen (secondary N) is 1. The molecule has 0 unspecified atom stereocenters. The largest absolute Gasteiger partial charge is 0.329 e. The Hall–Kier alpha value is -1.38. The lowest BCUT2D eigenvalue weighted by molar-refractivity contribution is 0.558. The van der Waals surface area contributed by atoms with E-state index < -0.39 is 0 Å². The maximum atomic E-state index is 5.59. The minimum Gasteiger partial charge on any atom is -0.329 e. The van der Waals surface area contributed by atoms with Crippen LogP contribution in [0.25, 0.3) is 10.8 Å². The number of fused-ring (bicyclic) bond motifs is 1. The first kappa shape index (κ1) is 11.1. The molecule has 0 spiro atoms. The van der Waals surface area contributed by atoms with Crippen molar-refractivity contribution in [2.24, 2.45) is 5.73 Å². The van der Waals surface area contributed by atoms with Crippen molar-refractivity contribution in [3.63, 3.8) is 0 Å². The zero-order chi connectivity index (χ0) is 11.4. The summed E-state index contributed by atoms with van der Waals surface area (Å²) in [5, 5.41) is 6.03. The predicted octanol–water partition coefficient (Wildman–Crippen LogP) is 2.28. The van der Waals surface area contributed by atoms with Gasteiger partial charge in [0.05, 0.1) is 0 Å². The topological polar surface area (TPSA) is 38.0 Å². The summed E-state index contributed by atoms with van der Waals surface area (Å²) in [7, 11) is 0. The molecule has 0 saturated heterocycles. The van der Waals surface area contributed by atoms with Gasteiger partial charge in [0.2, 0.25) is 0 Å². The highest BCUT2D eigenvalue weighted by Crippen LogP contribution is 2.18. The molecule has 0 heterocycles. The van der Waals surface area contributed by atoms with Gasteiger partial charge in [0, 0.05) is 19.1 Å². The zero-order valence-electron chi connectivity index (χ0n) is 9.61. The van der Waals surface area contributed by atoms with Crippen molar-refractivity contribution >= 4 is 10.8 Å². The summed E-state index contributed by atoms with van der Waals surface area (Å²) in [6.07, 6.45) is 0. The number of benzene rings is 2. The van der Waals surface area contributed by atoms with Crippen LogP contribution in [0.3, 0.4) is 0 Å². The molecule has 0 radical (unpaired) electrons. The first-order valence-electron chi connectivity index (χ1n) is 5.71. The van der Waals surface area contributed by atoms with Gasteiger partial charge < -0.3 is 11.1 Å². The average Bonchev–Trinajstić information content (AvgIpc) is 2.35. The number of hydrogen-bond donors (Lipinski definition) is 2. The Morgan fingerprint density at radius 3 is 2.69 bits per heavy atom. The summed E-state index contributed by atoms with van der Waals surface area (Å²) in [4.78, 5) is 0. The molecule has 0 aromatic heterocycles. The highest BCUT2D eigenvalue weighted by molar-refractivity contribution is 5.85. The Kier molecular flexibility index (Phi) is 3.54. The van der Waals surface area contributed by atoms with E-state index in [2.05, 4.69) is 54.7 Å². The monoisotopic (exact) mass is 214 g/mol. The first-order chi connectivity index (χ1) is 7.81. The molecular weight excluding hydrogens is 196 g/mol. The van der Waals surface area contributed by atoms with E-state index in [1.165, 1.54) is 16.3 Å². The fourth-order valence-electron chi connectivity index (χ4n) is 1.81. The van der Waals surface area contributed by atoms with E-state index >= 15 is 0 Å². The van der Waals surface area contributed by atoms with Gasteiger partial charge in [0.15, 0.2) is 0 Å². The molecule has 0 amide bonds. The molecular formula is C14H18N2. The molecule has 84 valence electrons. The minimum atomic E-state index is 0.360. The second-order valence-electron chi connectivity index (χ2n) is 4.16. The summed E-state index contributed by atoms with van der Waals surface area (Å²) in [6.45, 7) is 3.65. The first-order valence-corrected chi connectivity index (χ1v) is 5.71. The number of rotatable bonds is 4. The third-order valence-electron chi connectivity index (χ3n) is 2.87. The smallest absolute Gasteiger partial charge is 0.0214 e. The molecule has 3 N–H and O–H groups in total. The average molecular weight is 214 g/mol. The molecule has 2 heteroatoms. The van der Waals surface area contributed by atoms with Crippen LogP contribution in [-0.4, -0.2) is 12.6 Å². The Balaban J connectivity index is 2.23. The Labute approximate surface area is 96.5 Å². The normalized spacial score (nSPS) is 12.9. The van der Waals surface area contributed by atoms with E-state index in [0.29, 0.717) is 12.6 Å². The minimum absolute atomic E-state index is 0.360. The van der Waals surface area contributed by atoms with Gasteiger partial charge in [0.25, 0.3) is 0 Å². The van der Waals surface area contributed by atoms with E-state index in [-0.39, 0.29) is 0 Å². The summed E-state index contributed by atoms with van der Waals surface area (Å²) in [5.74, 6) is 0. The van der Waals surface area contributed by atoms with Gasteiger partial charge >= 0.3 is 0 Å². The van der Waals surface area contributed by atoms with Gasteiger partial charge in [-0.2, -0.15) is 0 Å². The molecule has 2 aromatic rings. The third-order valence-corrected chi connectivity index (χ3v) is 2.87. The van der Waals surface area contributed by atoms with E-state index in [1.54, 1.807) is 0 Å². The van der Waals surface area contributed by atoms with Crippen molar-refractivity contribution in [1.82, 2.24) is 5.32 Å². The molecule has 0 fully saturated rings. The van der Waals surface area contributed by atoms with Gasteiger partial charge in [-0.1, -0.05) is 42.5 Å². The number of nitrogens with two attached hydrogens (primary N) is 1. The lowest BCUT2D eigenvalue weighted by Crippen LogP contribution is -2.32. The van der Waals surface area contributed by atoms with Crippen LogP contribution >= 0.6 is 0 Å². The van der Waals surface area contributed by atoms with Gasteiger partial charge in [-0.25, -0.2) is 0 Å². The molecule has 0 aliphatic rings. The fourth-order valence-corrected chi connectivity index (χ4v) is 1.81. The molecule has 0 saturated carbocycles. The maximum Gasteiger partial charge on any atom is 0.0214 e. The van der Waals surface area contributed by atoms with Crippen LogP contribution in [0.15, 0.2) is 42.5 Å². The van der Waals surface area contributed by atoms with Crippen LogP contribution in [0.1, 0.15) is 12.5 Å². The molecule has 0 aliphatic heterocycles. The Morgan fingerprint density at radius 1 is 1.12 bits per heavy atom. The SMILES string of the molecule is C[C@@H](CN)NCc1cccc2ccccc12. The van der Waals surface area contributed by atoms with Gasteiger partial charge in [0.1, 0.15) is 0 Å². The van der Waals surface area contributed by atoms with Gasteiger partial charge in [-0.05, 0) is 23.3 Å². The van der Waals surface area contributed by atoms with Crippen molar-refractivity contribution < 1.29 is 0 Å². The second kappa shape index (κ2) is 5.10. The van der Waals surface area contributed by atoms with E-state index in [4.69, 9.17) is 5.73 Å². The zero-order valence-corrected chi connectivity index (χ0v) is 9.61. The van der Waals surface area contributed by atoms with Crippen molar-refractivity contribution in [3.05, 3.63) is 48.0 Å². The Bertz CT molecular complexity index is 460. The molecule has 0 aliphatic carbocycles. The Morgan fingerprint density at radius 2 is 1.88 bits per heavy atom. The van der Waals surface area contributed by atoms with Crippen LogP contribution in [0.2, 0.25) is 0 Å². The van der Waals surface area contributed by atoms with Crippen LogP contribution in [0.5, 0.6) is 0 Å².